The van der Waals surface area contributed by atoms with Crippen LogP contribution in [0.15, 0.2) is 41.6 Å². The minimum Gasteiger partial charge on any atom is -0.465 e. The van der Waals surface area contributed by atoms with Gasteiger partial charge in [-0.2, -0.15) is 4.98 Å². The number of rotatable bonds is 1. The van der Waals surface area contributed by atoms with Gasteiger partial charge in [0.05, 0.1) is 12.5 Å². The van der Waals surface area contributed by atoms with Crippen LogP contribution in [0.4, 0.5) is 0 Å². The van der Waals surface area contributed by atoms with E-state index in [9.17, 15) is 0 Å². The van der Waals surface area contributed by atoms with Crippen LogP contribution < -0.4 is 0 Å². The monoisotopic (exact) mass is 192 g/mol. The molecule has 1 aliphatic rings. The molecule has 0 aromatic carbocycles. The van der Waals surface area contributed by atoms with E-state index in [2.05, 4.69) is 10.1 Å². The molecular formula is C9H8N2O3. The highest BCUT2D eigenvalue weighted by Crippen LogP contribution is 2.13. The Morgan fingerprint density at radius 3 is 3.00 bits per heavy atom. The van der Waals surface area contributed by atoms with Gasteiger partial charge in [-0.05, 0) is 18.2 Å². The predicted octanol–water partition coefficient (Wildman–Crippen LogP) is 1.48. The Morgan fingerprint density at radius 2 is 2.14 bits per heavy atom. The van der Waals surface area contributed by atoms with Crippen LogP contribution in [0.2, 0.25) is 0 Å². The Morgan fingerprint density at radius 1 is 1.21 bits per heavy atom. The molecule has 5 nitrogen and oxygen atoms in total. The van der Waals surface area contributed by atoms with E-state index in [4.69, 9.17) is 14.0 Å². The fourth-order valence-electron chi connectivity index (χ4n) is 0.936. The van der Waals surface area contributed by atoms with Crippen molar-refractivity contribution in [3.05, 3.63) is 43.0 Å². The zero-order valence-electron chi connectivity index (χ0n) is 7.29. The first-order valence-electron chi connectivity index (χ1n) is 4.00. The second-order valence-electron chi connectivity index (χ2n) is 2.45. The van der Waals surface area contributed by atoms with E-state index in [0.29, 0.717) is 5.89 Å². The molecule has 0 saturated carbocycles. The quantitative estimate of drug-likeness (QED) is 0.674. The standard InChI is InChI=1S/C9H8N2O3/c1-2-8(9-10-6-11-14-9)3-5-13-7-12-4-1/h1-6H,7H2/b4-1?,5-3-,8-2?. The Labute approximate surface area is 80.3 Å². The molecule has 0 unspecified atom stereocenters. The minimum atomic E-state index is 0.192. The van der Waals surface area contributed by atoms with Crippen molar-refractivity contribution in [3.8, 4) is 0 Å². The first-order chi connectivity index (χ1) is 6.97. The summed E-state index contributed by atoms with van der Waals surface area (Å²) >= 11 is 0. The zero-order valence-corrected chi connectivity index (χ0v) is 7.29. The van der Waals surface area contributed by atoms with Crippen LogP contribution in [-0.4, -0.2) is 16.9 Å². The molecule has 0 bridgehead atoms. The third kappa shape index (κ3) is 2.01. The molecule has 0 saturated heterocycles. The van der Waals surface area contributed by atoms with Crippen LogP contribution in [0.25, 0.3) is 5.57 Å². The fraction of sp³-hybridized carbons (Fsp3) is 0.111. The van der Waals surface area contributed by atoms with Crippen LogP contribution in [0, 0.1) is 0 Å². The molecule has 2 rings (SSSR count). The third-order valence-corrected chi connectivity index (χ3v) is 1.54. The Balaban J connectivity index is 2.26. The van der Waals surface area contributed by atoms with Crippen molar-refractivity contribution in [1.82, 2.24) is 10.1 Å². The lowest BCUT2D eigenvalue weighted by atomic mass is 10.2. The topological polar surface area (TPSA) is 57.4 Å². The van der Waals surface area contributed by atoms with Gasteiger partial charge in [-0.3, -0.25) is 0 Å². The van der Waals surface area contributed by atoms with Crippen molar-refractivity contribution in [2.45, 2.75) is 0 Å². The average molecular weight is 192 g/mol. The Kier molecular flexibility index (Phi) is 2.61. The molecular weight excluding hydrogens is 184 g/mol. The summed E-state index contributed by atoms with van der Waals surface area (Å²) in [5.74, 6) is 0.441. The molecule has 0 fully saturated rings. The molecule has 0 spiro atoms. The summed E-state index contributed by atoms with van der Waals surface area (Å²) in [6, 6.07) is 0. The van der Waals surface area contributed by atoms with Crippen molar-refractivity contribution >= 4 is 5.57 Å². The summed E-state index contributed by atoms with van der Waals surface area (Å²) in [6.45, 7) is 0.192. The van der Waals surface area contributed by atoms with Crippen molar-refractivity contribution in [2.75, 3.05) is 6.79 Å². The zero-order chi connectivity index (χ0) is 9.64. The molecule has 0 amide bonds. The molecule has 0 atom stereocenters. The van der Waals surface area contributed by atoms with Crippen LogP contribution >= 0.6 is 0 Å². The lowest BCUT2D eigenvalue weighted by molar-refractivity contribution is 0.0455. The summed E-state index contributed by atoms with van der Waals surface area (Å²) in [7, 11) is 0. The maximum atomic E-state index is 5.00. The highest BCUT2D eigenvalue weighted by molar-refractivity contribution is 5.69. The number of aromatic nitrogens is 2. The third-order valence-electron chi connectivity index (χ3n) is 1.54. The summed E-state index contributed by atoms with van der Waals surface area (Å²) in [4.78, 5) is 3.92. The molecule has 0 aliphatic carbocycles. The van der Waals surface area contributed by atoms with E-state index in [1.165, 1.54) is 18.9 Å². The minimum absolute atomic E-state index is 0.192. The van der Waals surface area contributed by atoms with Crippen LogP contribution in [0.3, 0.4) is 0 Å². The molecule has 0 N–H and O–H groups in total. The first-order valence-corrected chi connectivity index (χ1v) is 4.00. The SMILES string of the molecule is C1=COCO/C=C\C(c2ncno2)=C1. The molecule has 0 radical (unpaired) electrons. The average Bonchev–Trinajstić information content (AvgIpc) is 2.75. The van der Waals surface area contributed by atoms with Crippen molar-refractivity contribution in [1.29, 1.82) is 0 Å². The highest BCUT2D eigenvalue weighted by atomic mass is 16.7. The van der Waals surface area contributed by atoms with Gasteiger partial charge in [0.25, 0.3) is 5.89 Å². The molecule has 2 heterocycles. The molecule has 1 aromatic heterocycles. The van der Waals surface area contributed by atoms with Crippen LogP contribution in [0.1, 0.15) is 5.89 Å². The van der Waals surface area contributed by atoms with Gasteiger partial charge in [0.2, 0.25) is 6.79 Å². The summed E-state index contributed by atoms with van der Waals surface area (Å²) in [6.07, 6.45) is 9.65. The van der Waals surface area contributed by atoms with Gasteiger partial charge in [0.1, 0.15) is 0 Å². The highest BCUT2D eigenvalue weighted by Gasteiger charge is 2.03. The van der Waals surface area contributed by atoms with E-state index in [1.54, 1.807) is 18.2 Å². The fourth-order valence-corrected chi connectivity index (χ4v) is 0.936. The maximum absolute atomic E-state index is 5.00. The lowest BCUT2D eigenvalue weighted by Crippen LogP contribution is -1.86. The lowest BCUT2D eigenvalue weighted by Gasteiger charge is -1.96. The van der Waals surface area contributed by atoms with Gasteiger partial charge in [-0.25, -0.2) is 0 Å². The smallest absolute Gasteiger partial charge is 0.257 e. The van der Waals surface area contributed by atoms with Gasteiger partial charge >= 0.3 is 0 Å². The molecule has 5 heteroatoms. The van der Waals surface area contributed by atoms with Crippen molar-refractivity contribution in [3.63, 3.8) is 0 Å². The Hall–Kier alpha value is -2.04. The molecule has 14 heavy (non-hydrogen) atoms. The van der Waals surface area contributed by atoms with Gasteiger partial charge < -0.3 is 14.0 Å². The van der Waals surface area contributed by atoms with Gasteiger partial charge in [-0.15, -0.1) is 0 Å². The van der Waals surface area contributed by atoms with E-state index in [-0.39, 0.29) is 6.79 Å². The second kappa shape index (κ2) is 4.27. The van der Waals surface area contributed by atoms with Crippen LogP contribution in [0.5, 0.6) is 0 Å². The second-order valence-corrected chi connectivity index (χ2v) is 2.45. The van der Waals surface area contributed by atoms with Crippen molar-refractivity contribution < 1.29 is 14.0 Å². The molecule has 72 valence electrons. The first kappa shape index (κ1) is 8.55. The van der Waals surface area contributed by atoms with Crippen molar-refractivity contribution in [2.24, 2.45) is 0 Å². The van der Waals surface area contributed by atoms with E-state index in [1.807, 2.05) is 0 Å². The normalized spacial score (nSPS) is 18.1. The van der Waals surface area contributed by atoms with Crippen LogP contribution in [-0.2, 0) is 9.47 Å². The summed E-state index contributed by atoms with van der Waals surface area (Å²) in [5, 5.41) is 3.52. The number of hydrogen-bond donors (Lipinski definition) is 0. The summed E-state index contributed by atoms with van der Waals surface area (Å²) in [5.41, 5.74) is 0.768. The van der Waals surface area contributed by atoms with E-state index in [0.717, 1.165) is 5.57 Å². The summed E-state index contributed by atoms with van der Waals surface area (Å²) < 4.78 is 14.9. The maximum Gasteiger partial charge on any atom is 0.257 e. The number of ether oxygens (including phenoxy) is 2. The largest absolute Gasteiger partial charge is 0.465 e. The number of hydrogen-bond acceptors (Lipinski definition) is 5. The molecule has 1 aromatic rings. The van der Waals surface area contributed by atoms with E-state index >= 15 is 0 Å². The number of allylic oxidation sites excluding steroid dienone is 4. The molecule has 1 aliphatic heterocycles. The van der Waals surface area contributed by atoms with Gasteiger partial charge in [0, 0.05) is 5.57 Å². The van der Waals surface area contributed by atoms with E-state index < -0.39 is 0 Å². The number of nitrogens with zero attached hydrogens (tertiary/aromatic N) is 2. The van der Waals surface area contributed by atoms with Gasteiger partial charge in [0.15, 0.2) is 6.33 Å². The Bertz CT molecular complexity index is 365. The van der Waals surface area contributed by atoms with Gasteiger partial charge in [-0.1, -0.05) is 5.16 Å². The predicted molar refractivity (Wildman–Crippen MR) is 47.6 cm³/mol.